The fraction of sp³-hybridized carbons (Fsp3) is 0.438. The van der Waals surface area contributed by atoms with Crippen molar-refractivity contribution in [2.24, 2.45) is 17.2 Å². The number of hydrogen-bond donors (Lipinski definition) is 13. The van der Waals surface area contributed by atoms with E-state index in [4.69, 9.17) is 123 Å². The van der Waals surface area contributed by atoms with Crippen LogP contribution in [0.25, 0.3) is 0 Å². The zero-order chi connectivity index (χ0) is 70.6. The summed E-state index contributed by atoms with van der Waals surface area (Å²) in [5.41, 5.74) is 26.7. The van der Waals surface area contributed by atoms with Crippen LogP contribution in [0.2, 0.25) is 15.1 Å². The van der Waals surface area contributed by atoms with E-state index in [0.29, 0.717) is 261 Å². The molecular weight excluding hydrogens is 1410 g/mol. The Morgan fingerprint density at radius 2 is 0.525 bits per heavy atom. The first-order valence-corrected chi connectivity index (χ1v) is 37.5. The van der Waals surface area contributed by atoms with Gasteiger partial charge in [-0.1, -0.05) is 106 Å². The summed E-state index contributed by atoms with van der Waals surface area (Å²) in [7, 11) is 1.94. The van der Waals surface area contributed by atoms with Gasteiger partial charge in [-0.3, -0.25) is 0 Å². The Morgan fingerprint density at radius 3 is 0.802 bits per heavy atom. The molecule has 0 spiro atoms. The number of hydrogen-bond acceptors (Lipinski definition) is 34. The van der Waals surface area contributed by atoms with Gasteiger partial charge in [-0.15, -0.1) is 0 Å². The average molecular weight is 1490 g/mol. The Morgan fingerprint density at radius 1 is 0.287 bits per heavy atom. The molecule has 0 fully saturated rings. The lowest BCUT2D eigenvalue weighted by Gasteiger charge is -2.12. The monoisotopic (exact) mass is 1490 g/mol. The number of rotatable bonds is 47. The van der Waals surface area contributed by atoms with Crippen molar-refractivity contribution in [3.63, 3.8) is 0 Å². The lowest BCUT2D eigenvalue weighted by atomic mass is 10.2. The van der Waals surface area contributed by atoms with E-state index in [1.54, 1.807) is 11.8 Å². The number of nitrogens with one attached hydrogen (secondary N) is 9. The Kier molecular flexibility index (Phi) is 32.6. The lowest BCUT2D eigenvalue weighted by molar-refractivity contribution is 0.685. The van der Waals surface area contributed by atoms with E-state index in [1.807, 2.05) is 79.8 Å². The predicted octanol–water partition coefficient (Wildman–Crippen LogP) is 7.70. The molecule has 17 N–H and O–H groups in total. The van der Waals surface area contributed by atoms with E-state index < -0.39 is 0 Å². The second kappa shape index (κ2) is 42.8. The maximum atomic E-state index is 6.22. The molecule has 101 heavy (non-hydrogen) atoms. The molecule has 0 aliphatic heterocycles. The summed E-state index contributed by atoms with van der Waals surface area (Å²) in [6, 6.07) is 23.3. The van der Waals surface area contributed by atoms with Gasteiger partial charge in [0.2, 0.25) is 53.5 Å². The molecule has 0 unspecified atom stereocenters. The van der Waals surface area contributed by atoms with Crippen molar-refractivity contribution in [1.29, 1.82) is 0 Å². The molecule has 9 aromatic rings. The minimum Gasteiger partial charge on any atom is -0.368 e. The van der Waals surface area contributed by atoms with Gasteiger partial charge in [0.05, 0.1) is 0 Å². The summed E-state index contributed by atoms with van der Waals surface area (Å²) in [5.74, 6) is 9.57. The fourth-order valence-corrected chi connectivity index (χ4v) is 12.2. The quantitative estimate of drug-likeness (QED) is 0.0128. The van der Waals surface area contributed by atoms with Crippen LogP contribution in [0.3, 0.4) is 0 Å². The van der Waals surface area contributed by atoms with E-state index in [0.717, 1.165) is 41.9 Å². The van der Waals surface area contributed by atoms with Crippen molar-refractivity contribution in [1.82, 2.24) is 95.0 Å². The smallest absolute Gasteiger partial charge is 0.227 e. The number of benzene rings is 3. The molecule has 0 aliphatic rings. The molecule has 0 radical (unpaired) electrons. The maximum absolute atomic E-state index is 6.22. The molecule has 3 aromatic carbocycles. The highest BCUT2D eigenvalue weighted by molar-refractivity contribution is 7.98. The van der Waals surface area contributed by atoms with E-state index in [9.17, 15) is 0 Å². The number of anilines is 9. The second-order valence-electron chi connectivity index (χ2n) is 22.6. The summed E-state index contributed by atoms with van der Waals surface area (Å²) in [6.45, 7) is 6.33. The topological polar surface area (TPSA) is 444 Å². The van der Waals surface area contributed by atoms with Crippen LogP contribution in [-0.2, 0) is 55.8 Å². The first-order valence-electron chi connectivity index (χ1n) is 33.4. The predicted molar refractivity (Wildman–Crippen MR) is 405 cm³/mol. The zero-order valence-corrected chi connectivity index (χ0v) is 61.0. The molecule has 37 heteroatoms. The minimum absolute atomic E-state index is 0.144. The third-order valence-corrected chi connectivity index (χ3v) is 17.8. The third kappa shape index (κ3) is 28.6. The van der Waals surface area contributed by atoms with Crippen molar-refractivity contribution in [3.8, 4) is 0 Å². The van der Waals surface area contributed by atoms with Crippen molar-refractivity contribution >= 4 is 124 Å². The highest BCUT2D eigenvalue weighted by Gasteiger charge is 2.16. The molecule has 6 heterocycles. The minimum atomic E-state index is 0.144. The molecule has 6 aromatic heterocycles. The number of thioether (sulfide) groups is 3. The number of nitrogens with zero attached hydrogens (tertiary/aromatic N) is 18. The molecule has 536 valence electrons. The summed E-state index contributed by atoms with van der Waals surface area (Å²) in [4.78, 5) is 84.6. The second-order valence-corrected chi connectivity index (χ2v) is 26.7. The van der Waals surface area contributed by atoms with Gasteiger partial charge in [0.1, 0.15) is 34.9 Å². The first kappa shape index (κ1) is 76.9. The molecule has 9 rings (SSSR count). The summed E-state index contributed by atoms with van der Waals surface area (Å²) in [6.07, 6.45) is 7.75. The Bertz CT molecular complexity index is 3950. The summed E-state index contributed by atoms with van der Waals surface area (Å²) < 4.78 is 0. The first-order chi connectivity index (χ1) is 49.4. The number of aromatic nitrogens is 18. The molecule has 0 bridgehead atoms. The van der Waals surface area contributed by atoms with Crippen LogP contribution in [-0.4, -0.2) is 175 Å². The van der Waals surface area contributed by atoms with Crippen molar-refractivity contribution < 1.29 is 0 Å². The van der Waals surface area contributed by atoms with Gasteiger partial charge in [0, 0.05) is 143 Å². The zero-order valence-electron chi connectivity index (χ0n) is 56.2. The van der Waals surface area contributed by atoms with Crippen LogP contribution < -0.4 is 70.8 Å². The van der Waals surface area contributed by atoms with Gasteiger partial charge in [-0.2, -0.15) is 74.8 Å². The van der Waals surface area contributed by atoms with Gasteiger partial charge in [0.25, 0.3) is 0 Å². The number of nitrogen functional groups attached to an aromatic ring is 1. The maximum Gasteiger partial charge on any atom is 0.227 e. The van der Waals surface area contributed by atoms with Crippen molar-refractivity contribution in [3.05, 3.63) is 140 Å². The largest absolute Gasteiger partial charge is 0.368 e. The van der Waals surface area contributed by atoms with E-state index in [1.165, 1.54) is 23.5 Å². The van der Waals surface area contributed by atoms with Crippen molar-refractivity contribution in [2.45, 2.75) is 110 Å². The molecule has 0 atom stereocenters. The molecule has 0 saturated heterocycles. The van der Waals surface area contributed by atoms with Gasteiger partial charge < -0.3 is 70.8 Å². The number of halogens is 3. The molecule has 31 nitrogen and oxygen atoms in total. The van der Waals surface area contributed by atoms with Gasteiger partial charge in [0.15, 0.2) is 15.5 Å². The van der Waals surface area contributed by atoms with E-state index in [-0.39, 0.29) is 5.95 Å². The highest BCUT2D eigenvalue weighted by Crippen LogP contribution is 2.26. The van der Waals surface area contributed by atoms with E-state index in [2.05, 4.69) is 72.8 Å². The van der Waals surface area contributed by atoms with Crippen LogP contribution in [0.15, 0.2) is 88.3 Å². The van der Waals surface area contributed by atoms with Crippen LogP contribution in [0.4, 0.5) is 53.5 Å². The lowest BCUT2D eigenvalue weighted by Crippen LogP contribution is -2.18. The van der Waals surface area contributed by atoms with E-state index >= 15 is 0 Å². The Labute approximate surface area is 615 Å². The molecule has 0 amide bonds. The van der Waals surface area contributed by atoms with Crippen LogP contribution in [0, 0.1) is 0 Å². The SMILES string of the molecule is CNCCCc1nc(NCCCc2nc(NCCN)nc(NCCCc3nc(NCCCc4nc(NCCN)nc(NCCCc5nc(NCCCc6nc(N)nc(NCCN)n6)nc(SCc6ccc(Cl)cc6)n5)n4)nc(SCc4ccc(Cl)cc4)n3)n2)nc(SCc2ccc(Cl)cc2)n1. The van der Waals surface area contributed by atoms with Crippen LogP contribution >= 0.6 is 70.1 Å². The van der Waals surface area contributed by atoms with Gasteiger partial charge in [-0.25, -0.2) is 15.0 Å². The Balaban J connectivity index is 0.781. The molecule has 0 aliphatic carbocycles. The van der Waals surface area contributed by atoms with Gasteiger partial charge >= 0.3 is 0 Å². The highest BCUT2D eigenvalue weighted by atomic mass is 35.5. The molecule has 0 saturated carbocycles. The standard InChI is InChI=1S/C64H86Cl3N31S3/c1-72-29-2-8-50-87-59(96-62(90-50)99-38-41-14-20-44(65)21-15-41)76-33-4-10-48-83-55(94-57(85-48)79-36-27-69)74-31-7-13-52-89-61(98-64(92-52)101-40-43-18-24-46(67)25-19-43)77-34-5-11-49-84-56(95-58(86-49)80-37-28-70)73-30-6-12-51-88-60(97-63(91-51)100-39-42-16-22-45(66)23-17-42)75-32-3-9-47-81-53(71)93-54(82-47)78-35-26-68/h14-25,72H,2-13,26-40,68-70H2,1H3,(H,75,88,91,97)(H,76,87,90,96)(H,77,89,92,98)(H3,71,78,81,82,93)(H2,73,80,84,86,95)(H2,74,79,83,85,94). The van der Waals surface area contributed by atoms with Crippen LogP contribution in [0.5, 0.6) is 0 Å². The summed E-state index contributed by atoms with van der Waals surface area (Å²) >= 11 is 23.1. The third-order valence-electron chi connectivity index (χ3n) is 14.3. The normalized spacial score (nSPS) is 11.2. The summed E-state index contributed by atoms with van der Waals surface area (Å²) in [5, 5.41) is 33.6. The average Bonchev–Trinajstić information content (AvgIpc) is 0.953. The van der Waals surface area contributed by atoms with Gasteiger partial charge in [-0.05, 0) is 105 Å². The van der Waals surface area contributed by atoms with Crippen LogP contribution in [0.1, 0.15) is 90.2 Å². The fourth-order valence-electron chi connectivity index (χ4n) is 9.36. The number of aryl methyl sites for hydroxylation is 6. The van der Waals surface area contributed by atoms with Crippen molar-refractivity contribution in [2.75, 3.05) is 134 Å². The molecular formula is C64H86Cl3N31S3. The Hall–Kier alpha value is -8.32. The number of nitrogens with two attached hydrogens (primary N) is 4.